The molecule has 0 aliphatic heterocycles. The fraction of sp³-hybridized carbons (Fsp3) is 0.464. The Morgan fingerprint density at radius 1 is 0.912 bits per heavy atom. The van der Waals surface area contributed by atoms with Crippen LogP contribution < -0.4 is 5.32 Å². The van der Waals surface area contributed by atoms with Crippen molar-refractivity contribution in [1.29, 1.82) is 0 Å². The first-order valence-corrected chi connectivity index (χ1v) is 13.0. The van der Waals surface area contributed by atoms with Crippen LogP contribution in [0.1, 0.15) is 54.4 Å². The Balaban J connectivity index is 1.28. The maximum Gasteiger partial charge on any atom is 0.329 e. The molecule has 5 nitrogen and oxygen atoms in total. The zero-order chi connectivity index (χ0) is 23.7. The summed E-state index contributed by atoms with van der Waals surface area (Å²) in [5.74, 6) is 1.07. The lowest BCUT2D eigenvalue weighted by Gasteiger charge is -2.55. The highest BCUT2D eigenvalue weighted by Gasteiger charge is 2.55. The average molecular weight is 524 g/mol. The Bertz CT molecular complexity index is 1030. The second kappa shape index (κ2) is 9.65. The topological polar surface area (TPSA) is 72.5 Å². The average Bonchev–Trinajstić information content (AvgIpc) is 2.82. The molecule has 2 aromatic rings. The molecule has 1 atom stereocenters. The minimum atomic E-state index is -0.819. The van der Waals surface area contributed by atoms with E-state index in [1.165, 1.54) is 19.3 Å². The van der Waals surface area contributed by atoms with Gasteiger partial charge in [-0.3, -0.25) is 9.59 Å². The number of esters is 1. The van der Waals surface area contributed by atoms with Gasteiger partial charge in [-0.25, -0.2) is 4.79 Å². The van der Waals surface area contributed by atoms with Gasteiger partial charge in [0.1, 0.15) is 6.04 Å². The van der Waals surface area contributed by atoms with Gasteiger partial charge in [0.25, 0.3) is 0 Å². The largest absolute Gasteiger partial charge is 0.456 e. The first-order chi connectivity index (χ1) is 16.4. The Labute approximate surface area is 208 Å². The molecule has 2 aromatic carbocycles. The molecule has 0 heterocycles. The van der Waals surface area contributed by atoms with Crippen molar-refractivity contribution < 1.29 is 19.1 Å². The smallest absolute Gasteiger partial charge is 0.329 e. The van der Waals surface area contributed by atoms with Crippen LogP contribution in [0.25, 0.3) is 0 Å². The van der Waals surface area contributed by atoms with E-state index in [1.807, 2.05) is 30.3 Å². The van der Waals surface area contributed by atoms with Gasteiger partial charge >= 0.3 is 5.97 Å². The van der Waals surface area contributed by atoms with E-state index >= 15 is 0 Å². The summed E-state index contributed by atoms with van der Waals surface area (Å²) in [6.07, 6.45) is 6.88. The molecule has 0 saturated heterocycles. The van der Waals surface area contributed by atoms with Crippen LogP contribution in [-0.4, -0.2) is 30.3 Å². The van der Waals surface area contributed by atoms with Crippen LogP contribution in [0.15, 0.2) is 59.1 Å². The van der Waals surface area contributed by atoms with Gasteiger partial charge in [-0.2, -0.15) is 0 Å². The van der Waals surface area contributed by atoms with Crippen molar-refractivity contribution in [3.63, 3.8) is 0 Å². The quantitative estimate of drug-likeness (QED) is 0.385. The maximum absolute atomic E-state index is 13.6. The summed E-state index contributed by atoms with van der Waals surface area (Å²) in [5.41, 5.74) is 1.07. The van der Waals surface area contributed by atoms with Gasteiger partial charge < -0.3 is 10.1 Å². The summed E-state index contributed by atoms with van der Waals surface area (Å²) in [7, 11) is 0. The highest BCUT2D eigenvalue weighted by atomic mass is 79.9. The van der Waals surface area contributed by atoms with Crippen LogP contribution in [0.4, 0.5) is 0 Å². The van der Waals surface area contributed by atoms with Crippen molar-refractivity contribution in [2.45, 2.75) is 51.0 Å². The zero-order valence-electron chi connectivity index (χ0n) is 19.2. The van der Waals surface area contributed by atoms with E-state index in [0.29, 0.717) is 29.7 Å². The standard InChI is InChI=1S/C28H30BrNO4/c29-23-8-6-22(7-9-23)25(31)17-34-26(32)24(13-18-4-2-1-3-5-18)30-27(33)28-14-19-10-20(15-28)12-21(11-19)16-28/h1-9,19-21,24H,10-17H2,(H,30,33)/t19?,20?,21?,24-,28?/m0/s1. The maximum atomic E-state index is 13.6. The van der Waals surface area contributed by atoms with Crippen molar-refractivity contribution in [1.82, 2.24) is 5.32 Å². The second-order valence-electron chi connectivity index (χ2n) is 10.5. The highest BCUT2D eigenvalue weighted by molar-refractivity contribution is 9.10. The Hall–Kier alpha value is -2.47. The minimum absolute atomic E-state index is 0.0104. The molecule has 4 saturated carbocycles. The number of halogens is 1. The van der Waals surface area contributed by atoms with Gasteiger partial charge in [-0.05, 0) is 74.0 Å². The van der Waals surface area contributed by atoms with E-state index < -0.39 is 12.0 Å². The molecule has 4 bridgehead atoms. The predicted molar refractivity (Wildman–Crippen MR) is 132 cm³/mol. The third-order valence-electron chi connectivity index (χ3n) is 7.90. The number of amides is 1. The molecular weight excluding hydrogens is 494 g/mol. The van der Waals surface area contributed by atoms with E-state index in [2.05, 4.69) is 21.2 Å². The van der Waals surface area contributed by atoms with Crippen LogP contribution in [0.5, 0.6) is 0 Å². The van der Waals surface area contributed by atoms with Crippen molar-refractivity contribution in [2.24, 2.45) is 23.2 Å². The fourth-order valence-electron chi connectivity index (χ4n) is 6.70. The van der Waals surface area contributed by atoms with Gasteiger partial charge in [0.15, 0.2) is 12.4 Å². The van der Waals surface area contributed by atoms with E-state index in [1.54, 1.807) is 24.3 Å². The SMILES string of the molecule is O=C(COC(=O)[C@H](Cc1ccccc1)NC(=O)C12CC3CC(CC(C3)C1)C2)c1ccc(Br)cc1. The van der Waals surface area contributed by atoms with Crippen molar-refractivity contribution in [3.8, 4) is 0 Å². The zero-order valence-corrected chi connectivity index (χ0v) is 20.8. The number of ether oxygens (including phenoxy) is 1. The molecule has 34 heavy (non-hydrogen) atoms. The third-order valence-corrected chi connectivity index (χ3v) is 8.43. The Morgan fingerprint density at radius 2 is 1.50 bits per heavy atom. The van der Waals surface area contributed by atoms with E-state index in [4.69, 9.17) is 4.74 Å². The molecule has 0 spiro atoms. The lowest BCUT2D eigenvalue weighted by atomic mass is 9.49. The predicted octanol–water partition coefficient (Wildman–Crippen LogP) is 5.12. The van der Waals surface area contributed by atoms with Crippen LogP contribution >= 0.6 is 15.9 Å². The highest BCUT2D eigenvalue weighted by Crippen LogP contribution is 2.60. The van der Waals surface area contributed by atoms with Gasteiger partial charge in [-0.15, -0.1) is 0 Å². The Morgan fingerprint density at radius 3 is 2.09 bits per heavy atom. The first-order valence-electron chi connectivity index (χ1n) is 12.2. The number of ketones is 1. The summed E-state index contributed by atoms with van der Waals surface area (Å²) >= 11 is 3.35. The fourth-order valence-corrected chi connectivity index (χ4v) is 6.96. The number of hydrogen-bond donors (Lipinski definition) is 1. The Kier molecular flexibility index (Phi) is 6.61. The minimum Gasteiger partial charge on any atom is -0.456 e. The van der Waals surface area contributed by atoms with Crippen LogP contribution in [0.3, 0.4) is 0 Å². The van der Waals surface area contributed by atoms with Gasteiger partial charge in [0.2, 0.25) is 5.91 Å². The summed E-state index contributed by atoms with van der Waals surface area (Å²) in [6, 6.07) is 15.7. The van der Waals surface area contributed by atoms with E-state index in [-0.39, 0.29) is 23.7 Å². The second-order valence-corrected chi connectivity index (χ2v) is 11.4. The molecule has 4 aliphatic rings. The molecule has 178 valence electrons. The summed E-state index contributed by atoms with van der Waals surface area (Å²) in [4.78, 5) is 39.2. The number of Topliss-reactive ketones (excluding diaryl/α,β-unsaturated/α-hetero) is 1. The molecule has 0 radical (unpaired) electrons. The van der Waals surface area contributed by atoms with Gasteiger partial charge in [-0.1, -0.05) is 58.4 Å². The number of hydrogen-bond acceptors (Lipinski definition) is 4. The lowest BCUT2D eigenvalue weighted by Crippen LogP contribution is -2.56. The number of nitrogens with one attached hydrogen (secondary N) is 1. The first kappa shape index (κ1) is 23.3. The van der Waals surface area contributed by atoms with Gasteiger partial charge in [0, 0.05) is 21.9 Å². The normalized spacial score (nSPS) is 27.7. The lowest BCUT2D eigenvalue weighted by molar-refractivity contribution is -0.153. The number of carbonyl (C=O) groups is 3. The molecule has 6 rings (SSSR count). The van der Waals surface area contributed by atoms with E-state index in [0.717, 1.165) is 29.3 Å². The number of carbonyl (C=O) groups excluding carboxylic acids is 3. The molecule has 1 amide bonds. The molecule has 0 unspecified atom stereocenters. The van der Waals surface area contributed by atoms with E-state index in [9.17, 15) is 14.4 Å². The molecule has 0 aromatic heterocycles. The molecule has 4 aliphatic carbocycles. The summed E-state index contributed by atoms with van der Waals surface area (Å²) in [5, 5.41) is 3.06. The summed E-state index contributed by atoms with van der Waals surface area (Å²) < 4.78 is 6.30. The van der Waals surface area contributed by atoms with Crippen molar-refractivity contribution in [2.75, 3.05) is 6.61 Å². The van der Waals surface area contributed by atoms with Crippen LogP contribution in [0, 0.1) is 23.2 Å². The van der Waals surface area contributed by atoms with Crippen LogP contribution in [0.2, 0.25) is 0 Å². The molecule has 1 N–H and O–H groups in total. The molecule has 6 heteroatoms. The summed E-state index contributed by atoms with van der Waals surface area (Å²) in [6.45, 7) is -0.348. The van der Waals surface area contributed by atoms with Gasteiger partial charge in [0.05, 0.1) is 0 Å². The third kappa shape index (κ3) is 4.97. The molecule has 4 fully saturated rings. The van der Waals surface area contributed by atoms with Crippen LogP contribution in [-0.2, 0) is 20.7 Å². The van der Waals surface area contributed by atoms with Crippen molar-refractivity contribution in [3.05, 3.63) is 70.2 Å². The number of benzene rings is 2. The van der Waals surface area contributed by atoms with Crippen molar-refractivity contribution >= 4 is 33.6 Å². The molecular formula is C28H30BrNO4. The number of rotatable bonds is 8. The monoisotopic (exact) mass is 523 g/mol.